The van der Waals surface area contributed by atoms with E-state index in [0.717, 1.165) is 5.69 Å². The van der Waals surface area contributed by atoms with Crippen molar-refractivity contribution in [2.75, 3.05) is 0 Å². The standard InChI is InChI=1S/C13H11BrN2O2/c14-9-2-1-3-11(12(9)13(17)18)16-7-6-10(15-16)8-4-5-8/h1-3,6-8H,4-5H2,(H,17,18). The fraction of sp³-hybridized carbons (Fsp3) is 0.231. The van der Waals surface area contributed by atoms with Crippen LogP contribution < -0.4 is 0 Å². The highest BCUT2D eigenvalue weighted by Crippen LogP contribution is 2.39. The Morgan fingerprint density at radius 1 is 1.39 bits per heavy atom. The van der Waals surface area contributed by atoms with Crippen molar-refractivity contribution < 1.29 is 9.90 Å². The Bertz CT molecular complexity index is 617. The van der Waals surface area contributed by atoms with E-state index in [9.17, 15) is 9.90 Å². The van der Waals surface area contributed by atoms with Crippen LogP contribution in [-0.2, 0) is 0 Å². The van der Waals surface area contributed by atoms with Gasteiger partial charge in [-0.3, -0.25) is 0 Å². The molecule has 1 N–H and O–H groups in total. The van der Waals surface area contributed by atoms with Gasteiger partial charge >= 0.3 is 5.97 Å². The van der Waals surface area contributed by atoms with Crippen molar-refractivity contribution in [2.45, 2.75) is 18.8 Å². The lowest BCUT2D eigenvalue weighted by atomic mass is 10.2. The molecular formula is C13H11BrN2O2. The maximum atomic E-state index is 11.3. The van der Waals surface area contributed by atoms with Crippen molar-refractivity contribution >= 4 is 21.9 Å². The summed E-state index contributed by atoms with van der Waals surface area (Å²) in [5, 5.41) is 13.7. The predicted octanol–water partition coefficient (Wildman–Crippen LogP) is 3.21. The first kappa shape index (κ1) is 11.5. The summed E-state index contributed by atoms with van der Waals surface area (Å²) < 4.78 is 2.21. The van der Waals surface area contributed by atoms with Crippen molar-refractivity contribution in [1.29, 1.82) is 0 Å². The minimum atomic E-state index is -0.957. The first-order valence-electron chi connectivity index (χ1n) is 5.74. The highest BCUT2D eigenvalue weighted by molar-refractivity contribution is 9.10. The molecule has 0 amide bonds. The number of hydrogen-bond donors (Lipinski definition) is 1. The van der Waals surface area contributed by atoms with Crippen LogP contribution >= 0.6 is 15.9 Å². The van der Waals surface area contributed by atoms with Crippen LogP contribution in [0.3, 0.4) is 0 Å². The molecule has 1 aromatic heterocycles. The molecule has 1 fully saturated rings. The monoisotopic (exact) mass is 306 g/mol. The smallest absolute Gasteiger partial charge is 0.339 e. The van der Waals surface area contributed by atoms with E-state index in [0.29, 0.717) is 16.1 Å². The number of benzene rings is 1. The minimum absolute atomic E-state index is 0.239. The topological polar surface area (TPSA) is 55.1 Å². The lowest BCUT2D eigenvalue weighted by molar-refractivity contribution is 0.0695. The summed E-state index contributed by atoms with van der Waals surface area (Å²) in [6.45, 7) is 0. The van der Waals surface area contributed by atoms with Crippen molar-refractivity contribution in [3.63, 3.8) is 0 Å². The second kappa shape index (κ2) is 4.24. The summed E-state index contributed by atoms with van der Waals surface area (Å²) in [5.74, 6) is -0.396. The minimum Gasteiger partial charge on any atom is -0.478 e. The molecule has 3 rings (SSSR count). The zero-order valence-corrected chi connectivity index (χ0v) is 11.1. The summed E-state index contributed by atoms with van der Waals surface area (Å²) in [6, 6.07) is 7.25. The van der Waals surface area contributed by atoms with E-state index in [4.69, 9.17) is 0 Å². The van der Waals surface area contributed by atoms with Crippen molar-refractivity contribution in [3.05, 3.63) is 46.2 Å². The van der Waals surface area contributed by atoms with Gasteiger partial charge in [0.1, 0.15) is 0 Å². The molecule has 0 radical (unpaired) electrons. The van der Waals surface area contributed by atoms with Gasteiger partial charge in [-0.1, -0.05) is 6.07 Å². The largest absolute Gasteiger partial charge is 0.478 e. The molecule has 1 aliphatic rings. The Hall–Kier alpha value is -1.62. The molecule has 1 aromatic carbocycles. The van der Waals surface area contributed by atoms with E-state index in [-0.39, 0.29) is 5.56 Å². The summed E-state index contributed by atoms with van der Waals surface area (Å²) in [6.07, 6.45) is 4.18. The predicted molar refractivity (Wildman–Crippen MR) is 70.2 cm³/mol. The summed E-state index contributed by atoms with van der Waals surface area (Å²) >= 11 is 3.27. The van der Waals surface area contributed by atoms with E-state index in [2.05, 4.69) is 21.0 Å². The molecule has 2 aromatic rings. The number of nitrogens with zero attached hydrogens (tertiary/aromatic N) is 2. The van der Waals surface area contributed by atoms with Gasteiger partial charge in [-0.2, -0.15) is 5.10 Å². The zero-order chi connectivity index (χ0) is 12.7. The summed E-state index contributed by atoms with van der Waals surface area (Å²) in [4.78, 5) is 11.3. The van der Waals surface area contributed by atoms with Crippen LogP contribution in [0.5, 0.6) is 0 Å². The second-order valence-electron chi connectivity index (χ2n) is 4.40. The first-order valence-corrected chi connectivity index (χ1v) is 6.54. The Labute approximate surface area is 112 Å². The zero-order valence-electron chi connectivity index (χ0n) is 9.51. The van der Waals surface area contributed by atoms with E-state index < -0.39 is 5.97 Å². The van der Waals surface area contributed by atoms with Crippen molar-refractivity contribution in [1.82, 2.24) is 9.78 Å². The van der Waals surface area contributed by atoms with Gasteiger partial charge in [-0.05, 0) is 47.0 Å². The molecule has 0 bridgehead atoms. The number of carboxylic acids is 1. The number of aromatic carboxylic acids is 1. The molecule has 5 heteroatoms. The lowest BCUT2D eigenvalue weighted by Gasteiger charge is -2.07. The molecule has 1 heterocycles. The van der Waals surface area contributed by atoms with E-state index in [1.165, 1.54) is 12.8 Å². The number of hydrogen-bond acceptors (Lipinski definition) is 2. The average Bonchev–Trinajstić information content (AvgIpc) is 3.06. The normalized spacial score (nSPS) is 14.7. The van der Waals surface area contributed by atoms with Gasteiger partial charge in [0.2, 0.25) is 0 Å². The van der Waals surface area contributed by atoms with Crippen LogP contribution in [0.25, 0.3) is 5.69 Å². The maximum absolute atomic E-state index is 11.3. The van der Waals surface area contributed by atoms with Gasteiger partial charge in [-0.15, -0.1) is 0 Å². The fourth-order valence-electron chi connectivity index (χ4n) is 1.98. The van der Waals surface area contributed by atoms with Crippen LogP contribution in [0.2, 0.25) is 0 Å². The molecule has 1 aliphatic carbocycles. The average molecular weight is 307 g/mol. The molecule has 0 atom stereocenters. The molecule has 0 aliphatic heterocycles. The van der Waals surface area contributed by atoms with Crippen LogP contribution in [-0.4, -0.2) is 20.9 Å². The quantitative estimate of drug-likeness (QED) is 0.947. The van der Waals surface area contributed by atoms with Crippen LogP contribution in [0.15, 0.2) is 34.9 Å². The van der Waals surface area contributed by atoms with Gasteiger partial charge in [0, 0.05) is 16.6 Å². The molecule has 0 saturated heterocycles. The Kier molecular flexibility index (Phi) is 2.70. The molecular weight excluding hydrogens is 296 g/mol. The third-order valence-electron chi connectivity index (χ3n) is 3.06. The lowest BCUT2D eigenvalue weighted by Crippen LogP contribution is -2.07. The highest BCUT2D eigenvalue weighted by atomic mass is 79.9. The molecule has 0 spiro atoms. The molecule has 0 unspecified atom stereocenters. The van der Waals surface area contributed by atoms with Crippen LogP contribution in [0, 0.1) is 0 Å². The SMILES string of the molecule is O=C(O)c1c(Br)cccc1-n1ccc(C2CC2)n1. The van der Waals surface area contributed by atoms with Crippen molar-refractivity contribution in [3.8, 4) is 5.69 Å². The molecule has 92 valence electrons. The number of halogens is 1. The Balaban J connectivity index is 2.09. The fourth-order valence-corrected chi connectivity index (χ4v) is 2.51. The molecule has 1 saturated carbocycles. The Morgan fingerprint density at radius 2 is 2.17 bits per heavy atom. The summed E-state index contributed by atoms with van der Waals surface area (Å²) in [7, 11) is 0. The third-order valence-corrected chi connectivity index (χ3v) is 3.72. The van der Waals surface area contributed by atoms with Gasteiger partial charge < -0.3 is 5.11 Å². The number of aromatic nitrogens is 2. The number of rotatable bonds is 3. The molecule has 18 heavy (non-hydrogen) atoms. The van der Waals surface area contributed by atoms with Gasteiger partial charge in [0.25, 0.3) is 0 Å². The molecule has 4 nitrogen and oxygen atoms in total. The van der Waals surface area contributed by atoms with Gasteiger partial charge in [-0.25, -0.2) is 9.48 Å². The summed E-state index contributed by atoms with van der Waals surface area (Å²) in [5.41, 5.74) is 1.87. The van der Waals surface area contributed by atoms with Gasteiger partial charge in [0.05, 0.1) is 16.9 Å². The van der Waals surface area contributed by atoms with Crippen molar-refractivity contribution in [2.24, 2.45) is 0 Å². The number of carboxylic acid groups (broad SMARTS) is 1. The van der Waals surface area contributed by atoms with E-state index >= 15 is 0 Å². The van der Waals surface area contributed by atoms with Crippen LogP contribution in [0.4, 0.5) is 0 Å². The van der Waals surface area contributed by atoms with Crippen LogP contribution in [0.1, 0.15) is 34.8 Å². The van der Waals surface area contributed by atoms with Gasteiger partial charge in [0.15, 0.2) is 0 Å². The van der Waals surface area contributed by atoms with E-state index in [1.54, 1.807) is 16.8 Å². The Morgan fingerprint density at radius 3 is 2.83 bits per heavy atom. The van der Waals surface area contributed by atoms with E-state index in [1.807, 2.05) is 18.3 Å². The first-order chi connectivity index (χ1) is 8.66. The number of carbonyl (C=O) groups is 1. The second-order valence-corrected chi connectivity index (χ2v) is 5.25. The highest BCUT2D eigenvalue weighted by Gasteiger charge is 2.26. The third kappa shape index (κ3) is 1.95. The maximum Gasteiger partial charge on any atom is 0.339 e.